The van der Waals surface area contributed by atoms with Crippen molar-refractivity contribution in [3.8, 4) is 0 Å². The van der Waals surface area contributed by atoms with Crippen molar-refractivity contribution >= 4 is 0 Å². The smallest absolute Gasteiger partial charge is 0.0946 e. The summed E-state index contributed by atoms with van der Waals surface area (Å²) in [6.07, 6.45) is 9.39. The third-order valence-electron chi connectivity index (χ3n) is 2.88. The quantitative estimate of drug-likeness (QED) is 0.723. The van der Waals surface area contributed by atoms with Gasteiger partial charge in [0, 0.05) is 6.54 Å². The predicted molar refractivity (Wildman–Crippen MR) is 64.8 cm³/mol. The lowest BCUT2D eigenvalue weighted by atomic mass is 9.94. The third kappa shape index (κ3) is 3.47. The molecule has 15 heavy (non-hydrogen) atoms. The molecular weight excluding hydrogens is 186 g/mol. The summed E-state index contributed by atoms with van der Waals surface area (Å²) >= 11 is 0. The number of hydrogen-bond donors (Lipinski definition) is 1. The fraction of sp³-hybridized carbons (Fsp3) is 0.692. The SMILES string of the molecule is CC=C1/C(=C\CCCC)CCOC1CN. The van der Waals surface area contributed by atoms with Crippen LogP contribution in [-0.4, -0.2) is 19.3 Å². The molecule has 1 unspecified atom stereocenters. The van der Waals surface area contributed by atoms with Gasteiger partial charge in [-0.2, -0.15) is 0 Å². The molecule has 0 saturated carbocycles. The molecule has 1 fully saturated rings. The van der Waals surface area contributed by atoms with Crippen LogP contribution < -0.4 is 5.73 Å². The molecule has 1 rings (SSSR count). The molecule has 0 aromatic heterocycles. The predicted octanol–water partition coefficient (Wildman–Crippen LogP) is 2.80. The van der Waals surface area contributed by atoms with E-state index in [9.17, 15) is 0 Å². The van der Waals surface area contributed by atoms with Crippen LogP contribution in [0.3, 0.4) is 0 Å². The van der Waals surface area contributed by atoms with Gasteiger partial charge in [0.25, 0.3) is 0 Å². The summed E-state index contributed by atoms with van der Waals surface area (Å²) in [5.74, 6) is 0. The van der Waals surface area contributed by atoms with Crippen molar-refractivity contribution in [2.75, 3.05) is 13.2 Å². The van der Waals surface area contributed by atoms with Crippen LogP contribution in [0.5, 0.6) is 0 Å². The number of hydrogen-bond acceptors (Lipinski definition) is 2. The zero-order valence-electron chi connectivity index (χ0n) is 9.96. The number of rotatable bonds is 4. The Morgan fingerprint density at radius 2 is 2.33 bits per heavy atom. The van der Waals surface area contributed by atoms with Gasteiger partial charge in [-0.3, -0.25) is 0 Å². The van der Waals surface area contributed by atoms with E-state index >= 15 is 0 Å². The second kappa shape index (κ2) is 6.81. The van der Waals surface area contributed by atoms with Crippen LogP contribution in [-0.2, 0) is 4.74 Å². The number of unbranched alkanes of at least 4 members (excludes halogenated alkanes) is 2. The van der Waals surface area contributed by atoms with E-state index in [-0.39, 0.29) is 6.10 Å². The standard InChI is InChI=1S/C13H23NO/c1-3-5-6-7-11-8-9-15-13(10-14)12(11)4-2/h4,7,13H,3,5-6,8-10,14H2,1-2H3/b11-7-,12-4?. The Balaban J connectivity index is 2.65. The van der Waals surface area contributed by atoms with Gasteiger partial charge in [-0.1, -0.05) is 31.9 Å². The molecule has 1 atom stereocenters. The van der Waals surface area contributed by atoms with Crippen molar-refractivity contribution in [2.45, 2.75) is 45.6 Å². The molecule has 2 heteroatoms. The summed E-state index contributed by atoms with van der Waals surface area (Å²) in [6, 6.07) is 0. The number of allylic oxidation sites excluding steroid dienone is 2. The molecule has 0 aliphatic carbocycles. The molecule has 0 amide bonds. The fourth-order valence-electron chi connectivity index (χ4n) is 2.02. The Hall–Kier alpha value is -0.600. The highest BCUT2D eigenvalue weighted by Gasteiger charge is 2.20. The highest BCUT2D eigenvalue weighted by molar-refractivity contribution is 5.35. The largest absolute Gasteiger partial charge is 0.372 e. The Labute approximate surface area is 93.2 Å². The van der Waals surface area contributed by atoms with E-state index in [2.05, 4.69) is 26.0 Å². The van der Waals surface area contributed by atoms with Crippen molar-refractivity contribution in [1.82, 2.24) is 0 Å². The molecule has 1 aliphatic rings. The first kappa shape index (κ1) is 12.5. The monoisotopic (exact) mass is 209 g/mol. The Morgan fingerprint density at radius 3 is 2.93 bits per heavy atom. The van der Waals surface area contributed by atoms with Crippen LogP contribution in [0.4, 0.5) is 0 Å². The van der Waals surface area contributed by atoms with Gasteiger partial charge in [0.1, 0.15) is 0 Å². The first-order chi connectivity index (χ1) is 7.33. The van der Waals surface area contributed by atoms with Crippen molar-refractivity contribution in [3.05, 3.63) is 23.3 Å². The Morgan fingerprint density at radius 1 is 1.53 bits per heavy atom. The van der Waals surface area contributed by atoms with Crippen LogP contribution in [0, 0.1) is 0 Å². The molecule has 2 nitrogen and oxygen atoms in total. The second-order valence-corrected chi connectivity index (χ2v) is 3.96. The van der Waals surface area contributed by atoms with Gasteiger partial charge >= 0.3 is 0 Å². The maximum absolute atomic E-state index is 5.69. The van der Waals surface area contributed by atoms with Crippen molar-refractivity contribution in [2.24, 2.45) is 5.73 Å². The molecule has 0 radical (unpaired) electrons. The first-order valence-corrected chi connectivity index (χ1v) is 6.00. The average molecular weight is 209 g/mol. The van der Waals surface area contributed by atoms with E-state index in [1.807, 2.05) is 0 Å². The molecular formula is C13H23NO. The molecule has 0 aromatic rings. The van der Waals surface area contributed by atoms with E-state index in [1.165, 1.54) is 30.4 Å². The van der Waals surface area contributed by atoms with Crippen molar-refractivity contribution in [1.29, 1.82) is 0 Å². The minimum atomic E-state index is 0.122. The summed E-state index contributed by atoms with van der Waals surface area (Å²) in [5.41, 5.74) is 8.45. The van der Waals surface area contributed by atoms with E-state index in [4.69, 9.17) is 10.5 Å². The van der Waals surface area contributed by atoms with E-state index < -0.39 is 0 Å². The lowest BCUT2D eigenvalue weighted by Crippen LogP contribution is -2.31. The van der Waals surface area contributed by atoms with Crippen LogP contribution in [0.25, 0.3) is 0 Å². The van der Waals surface area contributed by atoms with E-state index in [0.717, 1.165) is 13.0 Å². The van der Waals surface area contributed by atoms with Crippen LogP contribution in [0.2, 0.25) is 0 Å². The van der Waals surface area contributed by atoms with Gasteiger partial charge in [-0.25, -0.2) is 0 Å². The lowest BCUT2D eigenvalue weighted by Gasteiger charge is -2.27. The molecule has 2 N–H and O–H groups in total. The van der Waals surface area contributed by atoms with Crippen molar-refractivity contribution < 1.29 is 4.74 Å². The number of ether oxygens (including phenoxy) is 1. The summed E-state index contributed by atoms with van der Waals surface area (Å²) < 4.78 is 5.63. The molecule has 0 spiro atoms. The molecule has 1 aliphatic heterocycles. The topological polar surface area (TPSA) is 35.2 Å². The van der Waals surface area contributed by atoms with Gasteiger partial charge < -0.3 is 10.5 Å². The molecule has 0 aromatic carbocycles. The highest BCUT2D eigenvalue weighted by atomic mass is 16.5. The summed E-state index contributed by atoms with van der Waals surface area (Å²) in [5, 5.41) is 0. The minimum Gasteiger partial charge on any atom is -0.372 e. The van der Waals surface area contributed by atoms with Gasteiger partial charge in [0.2, 0.25) is 0 Å². The zero-order valence-corrected chi connectivity index (χ0v) is 9.96. The maximum atomic E-state index is 5.69. The highest BCUT2D eigenvalue weighted by Crippen LogP contribution is 2.26. The molecule has 1 heterocycles. The summed E-state index contributed by atoms with van der Waals surface area (Å²) in [6.45, 7) is 5.70. The van der Waals surface area contributed by atoms with Crippen LogP contribution >= 0.6 is 0 Å². The van der Waals surface area contributed by atoms with Crippen LogP contribution in [0.1, 0.15) is 39.5 Å². The fourth-order valence-corrected chi connectivity index (χ4v) is 2.02. The maximum Gasteiger partial charge on any atom is 0.0946 e. The summed E-state index contributed by atoms with van der Waals surface area (Å²) in [7, 11) is 0. The van der Waals surface area contributed by atoms with Crippen molar-refractivity contribution in [3.63, 3.8) is 0 Å². The molecule has 0 bridgehead atoms. The normalized spacial score (nSPS) is 27.5. The van der Waals surface area contributed by atoms with Gasteiger partial charge in [-0.05, 0) is 30.9 Å². The molecule has 86 valence electrons. The Bertz CT molecular complexity index is 243. The zero-order chi connectivity index (χ0) is 11.1. The third-order valence-corrected chi connectivity index (χ3v) is 2.88. The minimum absolute atomic E-state index is 0.122. The van der Waals surface area contributed by atoms with E-state index in [0.29, 0.717) is 6.54 Å². The van der Waals surface area contributed by atoms with Gasteiger partial charge in [0.15, 0.2) is 0 Å². The van der Waals surface area contributed by atoms with Crippen LogP contribution in [0.15, 0.2) is 23.3 Å². The van der Waals surface area contributed by atoms with E-state index in [1.54, 1.807) is 0 Å². The van der Waals surface area contributed by atoms with Gasteiger partial charge in [-0.15, -0.1) is 0 Å². The lowest BCUT2D eigenvalue weighted by molar-refractivity contribution is 0.0724. The summed E-state index contributed by atoms with van der Waals surface area (Å²) in [4.78, 5) is 0. The second-order valence-electron chi connectivity index (χ2n) is 3.96. The Kier molecular flexibility index (Phi) is 5.66. The van der Waals surface area contributed by atoms with Gasteiger partial charge in [0.05, 0.1) is 12.7 Å². The average Bonchev–Trinajstić information content (AvgIpc) is 2.29. The first-order valence-electron chi connectivity index (χ1n) is 6.00. The number of nitrogens with two attached hydrogens (primary N) is 1. The molecule has 1 saturated heterocycles.